The van der Waals surface area contributed by atoms with Crippen LogP contribution in [0.4, 0.5) is 5.69 Å². The molecule has 0 saturated heterocycles. The summed E-state index contributed by atoms with van der Waals surface area (Å²) in [5, 5.41) is 2.82. The maximum absolute atomic E-state index is 12.4. The molecule has 0 spiro atoms. The van der Waals surface area contributed by atoms with Gasteiger partial charge in [-0.3, -0.25) is 9.10 Å². The predicted molar refractivity (Wildman–Crippen MR) is 112 cm³/mol. The van der Waals surface area contributed by atoms with Gasteiger partial charge in [0.05, 0.1) is 19.1 Å². The zero-order chi connectivity index (χ0) is 20.7. The molecule has 152 valence electrons. The molecule has 0 heterocycles. The smallest absolute Gasteiger partial charge is 0.240 e. The largest absolute Gasteiger partial charge is 0.497 e. The van der Waals surface area contributed by atoms with Crippen LogP contribution >= 0.6 is 0 Å². The van der Waals surface area contributed by atoms with Gasteiger partial charge in [0.25, 0.3) is 0 Å². The number of carbonyl (C=O) groups is 1. The van der Waals surface area contributed by atoms with Crippen molar-refractivity contribution in [2.24, 2.45) is 0 Å². The number of para-hydroxylation sites is 1. The Labute approximate surface area is 167 Å². The quantitative estimate of drug-likeness (QED) is 0.652. The fourth-order valence-electron chi connectivity index (χ4n) is 3.06. The van der Waals surface area contributed by atoms with Crippen molar-refractivity contribution in [3.63, 3.8) is 0 Å². The van der Waals surface area contributed by atoms with E-state index >= 15 is 0 Å². The molecule has 1 amide bonds. The van der Waals surface area contributed by atoms with Crippen LogP contribution in [-0.2, 0) is 21.2 Å². The van der Waals surface area contributed by atoms with Crippen molar-refractivity contribution >= 4 is 21.6 Å². The average molecular weight is 405 g/mol. The standard InChI is InChI=1S/C21H28N2O4S/c1-16-7-5-8-17(2)21(16)23(28(4,25)26)15-20(24)22-14-6-9-18-10-12-19(27-3)13-11-18/h5,7-8,10-13H,6,9,14-15H2,1-4H3,(H,22,24). The van der Waals surface area contributed by atoms with Gasteiger partial charge in [0.1, 0.15) is 12.3 Å². The summed E-state index contributed by atoms with van der Waals surface area (Å²) in [7, 11) is -1.95. The molecule has 0 atom stereocenters. The van der Waals surface area contributed by atoms with Crippen LogP contribution in [0, 0.1) is 13.8 Å². The van der Waals surface area contributed by atoms with Gasteiger partial charge in [-0.05, 0) is 55.5 Å². The monoisotopic (exact) mass is 404 g/mol. The van der Waals surface area contributed by atoms with Gasteiger partial charge in [0, 0.05) is 6.54 Å². The Hall–Kier alpha value is -2.54. The number of ether oxygens (including phenoxy) is 1. The molecule has 0 aromatic heterocycles. The van der Waals surface area contributed by atoms with Crippen molar-refractivity contribution < 1.29 is 17.9 Å². The molecule has 1 N–H and O–H groups in total. The van der Waals surface area contributed by atoms with Crippen LogP contribution in [0.2, 0.25) is 0 Å². The lowest BCUT2D eigenvalue weighted by atomic mass is 10.1. The van der Waals surface area contributed by atoms with Crippen molar-refractivity contribution in [1.82, 2.24) is 5.32 Å². The molecule has 6 nitrogen and oxygen atoms in total. The van der Waals surface area contributed by atoms with E-state index in [-0.39, 0.29) is 12.5 Å². The van der Waals surface area contributed by atoms with Gasteiger partial charge in [-0.1, -0.05) is 30.3 Å². The Kier molecular flexibility index (Phi) is 7.45. The first kappa shape index (κ1) is 21.8. The van der Waals surface area contributed by atoms with Crippen LogP contribution in [0.5, 0.6) is 5.75 Å². The number of hydrogen-bond acceptors (Lipinski definition) is 4. The van der Waals surface area contributed by atoms with Gasteiger partial charge < -0.3 is 10.1 Å². The number of rotatable bonds is 9. The highest BCUT2D eigenvalue weighted by atomic mass is 32.2. The van der Waals surface area contributed by atoms with E-state index in [0.29, 0.717) is 12.2 Å². The molecule has 2 aromatic carbocycles. The van der Waals surface area contributed by atoms with Gasteiger partial charge in [-0.25, -0.2) is 8.42 Å². The van der Waals surface area contributed by atoms with E-state index in [1.807, 2.05) is 56.3 Å². The first-order valence-electron chi connectivity index (χ1n) is 9.16. The number of benzene rings is 2. The van der Waals surface area contributed by atoms with E-state index in [9.17, 15) is 13.2 Å². The highest BCUT2D eigenvalue weighted by molar-refractivity contribution is 7.92. The third kappa shape index (κ3) is 5.99. The van der Waals surface area contributed by atoms with Crippen LogP contribution in [0.15, 0.2) is 42.5 Å². The Morgan fingerprint density at radius 3 is 2.21 bits per heavy atom. The van der Waals surface area contributed by atoms with E-state index in [1.54, 1.807) is 7.11 Å². The Morgan fingerprint density at radius 1 is 1.07 bits per heavy atom. The second-order valence-corrected chi connectivity index (χ2v) is 8.72. The lowest BCUT2D eigenvalue weighted by Gasteiger charge is -2.25. The SMILES string of the molecule is COc1ccc(CCCNC(=O)CN(c2c(C)cccc2C)S(C)(=O)=O)cc1. The molecular weight excluding hydrogens is 376 g/mol. The van der Waals surface area contributed by atoms with Crippen molar-refractivity contribution in [1.29, 1.82) is 0 Å². The third-order valence-corrected chi connectivity index (χ3v) is 5.61. The molecule has 7 heteroatoms. The van der Waals surface area contributed by atoms with E-state index in [4.69, 9.17) is 4.74 Å². The molecule has 0 aliphatic carbocycles. The second kappa shape index (κ2) is 9.59. The van der Waals surface area contributed by atoms with E-state index in [0.717, 1.165) is 41.5 Å². The lowest BCUT2D eigenvalue weighted by Crippen LogP contribution is -2.41. The van der Waals surface area contributed by atoms with Crippen LogP contribution in [0.1, 0.15) is 23.1 Å². The summed E-state index contributed by atoms with van der Waals surface area (Å²) in [6.07, 6.45) is 2.70. The molecule has 2 rings (SSSR count). The van der Waals surface area contributed by atoms with Gasteiger partial charge in [-0.15, -0.1) is 0 Å². The van der Waals surface area contributed by atoms with Crippen molar-refractivity contribution in [2.45, 2.75) is 26.7 Å². The van der Waals surface area contributed by atoms with Gasteiger partial charge in [-0.2, -0.15) is 0 Å². The predicted octanol–water partition coefficient (Wildman–Crippen LogP) is 2.83. The number of anilines is 1. The fraction of sp³-hybridized carbons (Fsp3) is 0.381. The van der Waals surface area contributed by atoms with E-state index in [1.165, 1.54) is 4.31 Å². The number of amides is 1. The maximum atomic E-state index is 12.4. The minimum Gasteiger partial charge on any atom is -0.497 e. The topological polar surface area (TPSA) is 75.7 Å². The molecular formula is C21H28N2O4S. The number of nitrogens with zero attached hydrogens (tertiary/aromatic N) is 1. The Morgan fingerprint density at radius 2 is 1.68 bits per heavy atom. The number of carbonyl (C=O) groups excluding carboxylic acids is 1. The van der Waals surface area contributed by atoms with Crippen LogP contribution in [0.3, 0.4) is 0 Å². The van der Waals surface area contributed by atoms with Gasteiger partial charge >= 0.3 is 0 Å². The van der Waals surface area contributed by atoms with E-state index < -0.39 is 10.0 Å². The fourth-order valence-corrected chi connectivity index (χ4v) is 4.03. The molecule has 2 aromatic rings. The van der Waals surface area contributed by atoms with Crippen LogP contribution in [0.25, 0.3) is 0 Å². The van der Waals surface area contributed by atoms with Crippen molar-refractivity contribution in [2.75, 3.05) is 30.8 Å². The molecule has 28 heavy (non-hydrogen) atoms. The molecule has 0 saturated carbocycles. The first-order valence-corrected chi connectivity index (χ1v) is 11.0. The first-order chi connectivity index (χ1) is 13.2. The molecule has 0 bridgehead atoms. The second-order valence-electron chi connectivity index (χ2n) is 6.81. The summed E-state index contributed by atoms with van der Waals surface area (Å²) in [6, 6.07) is 13.3. The minimum atomic E-state index is -3.58. The summed E-state index contributed by atoms with van der Waals surface area (Å²) >= 11 is 0. The summed E-state index contributed by atoms with van der Waals surface area (Å²) in [5.41, 5.74) is 3.36. The Balaban J connectivity index is 1.93. The summed E-state index contributed by atoms with van der Waals surface area (Å²) in [4.78, 5) is 12.4. The summed E-state index contributed by atoms with van der Waals surface area (Å²) in [5.74, 6) is 0.493. The summed E-state index contributed by atoms with van der Waals surface area (Å²) in [6.45, 7) is 3.93. The molecule has 0 unspecified atom stereocenters. The lowest BCUT2D eigenvalue weighted by molar-refractivity contribution is -0.119. The number of aryl methyl sites for hydroxylation is 3. The van der Waals surface area contributed by atoms with Crippen LogP contribution in [-0.4, -0.2) is 40.8 Å². The zero-order valence-corrected chi connectivity index (χ0v) is 17.7. The highest BCUT2D eigenvalue weighted by Gasteiger charge is 2.23. The summed E-state index contributed by atoms with van der Waals surface area (Å²) < 4.78 is 30.9. The van der Waals surface area contributed by atoms with Gasteiger partial charge in [0.2, 0.25) is 15.9 Å². The van der Waals surface area contributed by atoms with Gasteiger partial charge in [0.15, 0.2) is 0 Å². The number of sulfonamides is 1. The van der Waals surface area contributed by atoms with Crippen molar-refractivity contribution in [3.05, 3.63) is 59.2 Å². The van der Waals surface area contributed by atoms with Crippen molar-refractivity contribution in [3.8, 4) is 5.75 Å². The molecule has 0 radical (unpaired) electrons. The number of methoxy groups -OCH3 is 1. The number of hydrogen-bond donors (Lipinski definition) is 1. The van der Waals surface area contributed by atoms with Crippen LogP contribution < -0.4 is 14.4 Å². The Bertz CT molecular complexity index is 888. The zero-order valence-electron chi connectivity index (χ0n) is 16.9. The number of nitrogens with one attached hydrogen (secondary N) is 1. The molecule has 0 aliphatic heterocycles. The molecule has 0 aliphatic rings. The normalized spacial score (nSPS) is 11.1. The van der Waals surface area contributed by atoms with E-state index in [2.05, 4.69) is 5.32 Å². The molecule has 0 fully saturated rings. The minimum absolute atomic E-state index is 0.229. The maximum Gasteiger partial charge on any atom is 0.240 e. The highest BCUT2D eigenvalue weighted by Crippen LogP contribution is 2.26. The average Bonchev–Trinajstić information content (AvgIpc) is 2.64. The third-order valence-electron chi connectivity index (χ3n) is 4.50.